The molecule has 1 amide bonds. The maximum absolute atomic E-state index is 13.4. The third-order valence-corrected chi connectivity index (χ3v) is 4.09. The van der Waals surface area contributed by atoms with Gasteiger partial charge in [-0.1, -0.05) is 36.1 Å². The second-order valence-corrected chi connectivity index (χ2v) is 5.99. The molecule has 0 atom stereocenters. The molecule has 1 heterocycles. The summed E-state index contributed by atoms with van der Waals surface area (Å²) in [4.78, 5) is 12.4. The minimum Gasteiger partial charge on any atom is -0.496 e. The SMILES string of the molecule is COc1ccccc1-c1cc(C(=O)NCC#CCOc2ccccc2F)n(C)n1. The number of amides is 1. The minimum absolute atomic E-state index is 0.0282. The number of ether oxygens (including phenoxy) is 2. The van der Waals surface area contributed by atoms with Gasteiger partial charge in [-0.15, -0.1) is 0 Å². The highest BCUT2D eigenvalue weighted by molar-refractivity contribution is 5.94. The minimum atomic E-state index is -0.440. The molecule has 2 aromatic carbocycles. The van der Waals surface area contributed by atoms with Crippen LogP contribution in [0, 0.1) is 17.7 Å². The Bertz CT molecular complexity index is 1070. The third kappa shape index (κ3) is 4.93. The molecule has 1 aromatic heterocycles. The Morgan fingerprint density at radius 1 is 1.14 bits per heavy atom. The number of para-hydroxylation sites is 2. The molecule has 6 nitrogen and oxygen atoms in total. The number of aromatic nitrogens is 2. The second kappa shape index (κ2) is 9.42. The molecule has 29 heavy (non-hydrogen) atoms. The third-order valence-electron chi connectivity index (χ3n) is 4.09. The summed E-state index contributed by atoms with van der Waals surface area (Å²) in [6.07, 6.45) is 0. The monoisotopic (exact) mass is 393 g/mol. The van der Waals surface area contributed by atoms with Crippen molar-refractivity contribution in [3.8, 4) is 34.6 Å². The van der Waals surface area contributed by atoms with Crippen molar-refractivity contribution in [2.45, 2.75) is 0 Å². The zero-order valence-electron chi connectivity index (χ0n) is 16.1. The highest BCUT2D eigenvalue weighted by Crippen LogP contribution is 2.28. The number of hydrogen-bond acceptors (Lipinski definition) is 4. The van der Waals surface area contributed by atoms with Crippen LogP contribution in [0.5, 0.6) is 11.5 Å². The molecule has 1 N–H and O–H groups in total. The van der Waals surface area contributed by atoms with Crippen LogP contribution in [0.2, 0.25) is 0 Å². The summed E-state index contributed by atoms with van der Waals surface area (Å²) >= 11 is 0. The van der Waals surface area contributed by atoms with Gasteiger partial charge in [-0.3, -0.25) is 9.48 Å². The lowest BCUT2D eigenvalue weighted by molar-refractivity contribution is 0.0949. The summed E-state index contributed by atoms with van der Waals surface area (Å²) in [6.45, 7) is 0.162. The number of benzene rings is 2. The zero-order valence-corrected chi connectivity index (χ0v) is 16.1. The van der Waals surface area contributed by atoms with Crippen LogP contribution in [0.1, 0.15) is 10.5 Å². The Morgan fingerprint density at radius 3 is 2.62 bits per heavy atom. The van der Waals surface area contributed by atoms with Gasteiger partial charge in [-0.25, -0.2) is 4.39 Å². The molecule has 7 heteroatoms. The Balaban J connectivity index is 1.57. The van der Waals surface area contributed by atoms with Gasteiger partial charge in [-0.05, 0) is 30.3 Å². The summed E-state index contributed by atoms with van der Waals surface area (Å²) in [5.74, 6) is 5.59. The van der Waals surface area contributed by atoms with Crippen LogP contribution < -0.4 is 14.8 Å². The summed E-state index contributed by atoms with van der Waals surface area (Å²) in [7, 11) is 3.28. The number of aryl methyl sites for hydroxylation is 1. The molecule has 0 radical (unpaired) electrons. The summed E-state index contributed by atoms with van der Waals surface area (Å²) < 4.78 is 25.5. The van der Waals surface area contributed by atoms with Crippen LogP contribution in [0.3, 0.4) is 0 Å². The molecule has 148 valence electrons. The van der Waals surface area contributed by atoms with Crippen LogP contribution in [-0.4, -0.2) is 35.9 Å². The van der Waals surface area contributed by atoms with Crippen molar-refractivity contribution in [3.63, 3.8) is 0 Å². The van der Waals surface area contributed by atoms with Gasteiger partial charge >= 0.3 is 0 Å². The predicted octanol–water partition coefficient (Wildman–Crippen LogP) is 3.05. The van der Waals surface area contributed by atoms with Crippen LogP contribution in [0.25, 0.3) is 11.3 Å². The van der Waals surface area contributed by atoms with Crippen molar-refractivity contribution < 1.29 is 18.7 Å². The summed E-state index contributed by atoms with van der Waals surface area (Å²) in [6, 6.07) is 15.3. The first-order valence-electron chi connectivity index (χ1n) is 8.89. The van der Waals surface area contributed by atoms with Crippen LogP contribution >= 0.6 is 0 Å². The molecule has 0 saturated heterocycles. The first-order chi connectivity index (χ1) is 14.1. The highest BCUT2D eigenvalue weighted by Gasteiger charge is 2.15. The van der Waals surface area contributed by atoms with Gasteiger partial charge in [0.15, 0.2) is 11.6 Å². The fourth-order valence-corrected chi connectivity index (χ4v) is 2.67. The second-order valence-electron chi connectivity index (χ2n) is 5.99. The molecule has 0 unspecified atom stereocenters. The van der Waals surface area contributed by atoms with E-state index in [0.29, 0.717) is 17.1 Å². The Morgan fingerprint density at radius 2 is 1.86 bits per heavy atom. The number of nitrogens with zero attached hydrogens (tertiary/aromatic N) is 2. The molecule has 3 rings (SSSR count). The number of methoxy groups -OCH3 is 1. The van der Waals surface area contributed by atoms with E-state index in [2.05, 4.69) is 22.3 Å². The lowest BCUT2D eigenvalue weighted by Crippen LogP contribution is -2.25. The average molecular weight is 393 g/mol. The maximum atomic E-state index is 13.4. The van der Waals surface area contributed by atoms with E-state index in [1.807, 2.05) is 24.3 Å². The fourth-order valence-electron chi connectivity index (χ4n) is 2.67. The summed E-state index contributed by atoms with van der Waals surface area (Å²) in [5.41, 5.74) is 1.84. The topological polar surface area (TPSA) is 65.4 Å². The number of nitrogens with one attached hydrogen (secondary N) is 1. The molecule has 0 spiro atoms. The molecule has 0 aliphatic carbocycles. The largest absolute Gasteiger partial charge is 0.496 e. The van der Waals surface area contributed by atoms with E-state index in [-0.39, 0.29) is 24.8 Å². The molecule has 0 aliphatic heterocycles. The number of carbonyl (C=O) groups excluding carboxylic acids is 1. The smallest absolute Gasteiger partial charge is 0.270 e. The van der Waals surface area contributed by atoms with Gasteiger partial charge in [0.2, 0.25) is 0 Å². The molecule has 0 fully saturated rings. The molecular weight excluding hydrogens is 373 g/mol. The van der Waals surface area contributed by atoms with E-state index in [1.54, 1.807) is 32.4 Å². The van der Waals surface area contributed by atoms with E-state index >= 15 is 0 Å². The van der Waals surface area contributed by atoms with Crippen molar-refractivity contribution in [2.75, 3.05) is 20.3 Å². The van der Waals surface area contributed by atoms with Crippen molar-refractivity contribution in [1.29, 1.82) is 0 Å². The van der Waals surface area contributed by atoms with Crippen molar-refractivity contribution in [1.82, 2.24) is 15.1 Å². The number of rotatable bonds is 6. The lowest BCUT2D eigenvalue weighted by Gasteiger charge is -2.04. The van der Waals surface area contributed by atoms with E-state index in [0.717, 1.165) is 5.56 Å². The first kappa shape index (κ1) is 20.0. The molecule has 0 bridgehead atoms. The lowest BCUT2D eigenvalue weighted by atomic mass is 10.1. The number of carbonyl (C=O) groups is 1. The van der Waals surface area contributed by atoms with E-state index in [1.165, 1.54) is 16.8 Å². The average Bonchev–Trinajstić information content (AvgIpc) is 3.13. The fraction of sp³-hybridized carbons (Fsp3) is 0.182. The first-order valence-corrected chi connectivity index (χ1v) is 8.89. The molecular formula is C22H20FN3O3. The number of halogens is 1. The Labute approximate surface area is 168 Å². The zero-order chi connectivity index (χ0) is 20.6. The Hall–Kier alpha value is -3.79. The van der Waals surface area contributed by atoms with E-state index in [9.17, 15) is 9.18 Å². The van der Waals surface area contributed by atoms with E-state index in [4.69, 9.17) is 9.47 Å². The van der Waals surface area contributed by atoms with Crippen molar-refractivity contribution >= 4 is 5.91 Å². The predicted molar refractivity (Wildman–Crippen MR) is 107 cm³/mol. The van der Waals surface area contributed by atoms with Crippen LogP contribution in [0.4, 0.5) is 4.39 Å². The van der Waals surface area contributed by atoms with Crippen LogP contribution in [-0.2, 0) is 7.05 Å². The van der Waals surface area contributed by atoms with Gasteiger partial charge < -0.3 is 14.8 Å². The standard InChI is InChI=1S/C22H20FN3O3/c1-26-19(15-18(25-26)16-9-3-5-11-20(16)28-2)22(27)24-13-7-8-14-29-21-12-6-4-10-17(21)23/h3-6,9-12,15H,13-14H2,1-2H3,(H,24,27). The van der Waals surface area contributed by atoms with Gasteiger partial charge in [0.1, 0.15) is 18.1 Å². The maximum Gasteiger partial charge on any atom is 0.270 e. The Kier molecular flexibility index (Phi) is 6.48. The van der Waals surface area contributed by atoms with Gasteiger partial charge in [0.05, 0.1) is 19.3 Å². The van der Waals surface area contributed by atoms with Crippen LogP contribution in [0.15, 0.2) is 54.6 Å². The normalized spacial score (nSPS) is 10.0. The quantitative estimate of drug-likeness (QED) is 0.654. The van der Waals surface area contributed by atoms with Crippen molar-refractivity contribution in [2.24, 2.45) is 7.05 Å². The van der Waals surface area contributed by atoms with Gasteiger partial charge in [-0.2, -0.15) is 5.10 Å². The van der Waals surface area contributed by atoms with Crippen molar-refractivity contribution in [3.05, 3.63) is 66.1 Å². The number of hydrogen-bond donors (Lipinski definition) is 1. The van der Waals surface area contributed by atoms with Gasteiger partial charge in [0.25, 0.3) is 5.91 Å². The molecule has 0 saturated carbocycles. The van der Waals surface area contributed by atoms with Gasteiger partial charge in [0, 0.05) is 12.6 Å². The highest BCUT2D eigenvalue weighted by atomic mass is 19.1. The summed E-state index contributed by atoms with van der Waals surface area (Å²) in [5, 5.41) is 7.10. The molecule has 3 aromatic rings. The molecule has 0 aliphatic rings. The van der Waals surface area contributed by atoms with E-state index < -0.39 is 5.82 Å².